The summed E-state index contributed by atoms with van der Waals surface area (Å²) in [4.78, 5) is 12.6. The highest BCUT2D eigenvalue weighted by Crippen LogP contribution is 2.39. The van der Waals surface area contributed by atoms with Gasteiger partial charge in [0.05, 0.1) is 4.70 Å². The number of hydrogen-bond donors (Lipinski definition) is 1. The third-order valence-corrected chi connectivity index (χ3v) is 7.90. The first kappa shape index (κ1) is 24.1. The number of aliphatic imine (C=N–C) groups is 1. The van der Waals surface area contributed by atoms with E-state index in [1.54, 1.807) is 30.8 Å². The fraction of sp³-hybridized carbons (Fsp3) is 0.393. The van der Waals surface area contributed by atoms with Gasteiger partial charge in [-0.25, -0.2) is 4.98 Å². The standard InChI is InChI=1S/C19H16N4OS.C9H18/c1-3-11(7-21-2)14-8-23-19(20)18-13(14)6-16(24-18)15-10-25-17-9-22-5-4-12(15)17;1-3-8(2)9-6-4-5-7-9/h3-10H,1-2H3,(H2,20,23);8-9H,3-7H2,1-2H3/b11-3+,21-7?;. The molecule has 1 aliphatic rings. The second-order valence-electron chi connectivity index (χ2n) is 8.99. The number of allylic oxidation sites excluding steroid dienone is 2. The first-order valence-corrected chi connectivity index (χ1v) is 13.0. The monoisotopic (exact) mass is 474 g/mol. The van der Waals surface area contributed by atoms with Gasteiger partial charge in [0.1, 0.15) is 5.76 Å². The predicted molar refractivity (Wildman–Crippen MR) is 147 cm³/mol. The number of thiophene rings is 1. The number of nitrogen functional groups attached to an aromatic ring is 1. The van der Waals surface area contributed by atoms with Crippen LogP contribution < -0.4 is 5.73 Å². The summed E-state index contributed by atoms with van der Waals surface area (Å²) in [6.07, 6.45) is 16.6. The van der Waals surface area contributed by atoms with E-state index in [0.717, 1.165) is 49.8 Å². The number of pyridine rings is 2. The van der Waals surface area contributed by atoms with Crippen LogP contribution in [0.2, 0.25) is 0 Å². The normalized spacial score (nSPS) is 15.8. The minimum atomic E-state index is 0.384. The van der Waals surface area contributed by atoms with Crippen LogP contribution >= 0.6 is 11.3 Å². The predicted octanol–water partition coefficient (Wildman–Crippen LogP) is 8.01. The molecule has 1 saturated carbocycles. The third-order valence-electron chi connectivity index (χ3n) is 6.97. The van der Waals surface area contributed by atoms with Gasteiger partial charge in [0.25, 0.3) is 0 Å². The zero-order valence-corrected chi connectivity index (χ0v) is 21.4. The summed E-state index contributed by atoms with van der Waals surface area (Å²) in [5.74, 6) is 3.23. The lowest BCUT2D eigenvalue weighted by atomic mass is 9.91. The number of nitrogens with zero attached hydrogens (tertiary/aromatic N) is 3. The van der Waals surface area contributed by atoms with Crippen LogP contribution in [0.25, 0.3) is 38.0 Å². The Labute approximate surface area is 205 Å². The largest absolute Gasteiger partial charge is 0.452 e. The Balaban J connectivity index is 0.000000257. The van der Waals surface area contributed by atoms with Crippen LogP contribution in [0.1, 0.15) is 58.4 Å². The minimum Gasteiger partial charge on any atom is -0.452 e. The number of fused-ring (bicyclic) bond motifs is 2. The molecule has 1 unspecified atom stereocenters. The Bertz CT molecular complexity index is 1310. The molecule has 0 aromatic carbocycles. The number of nitrogens with two attached hydrogens (primary N) is 1. The molecule has 4 aromatic rings. The maximum absolute atomic E-state index is 6.09. The van der Waals surface area contributed by atoms with Crippen molar-refractivity contribution in [3.63, 3.8) is 0 Å². The van der Waals surface area contributed by atoms with Crippen molar-refractivity contribution in [1.29, 1.82) is 0 Å². The van der Waals surface area contributed by atoms with Crippen molar-refractivity contribution in [2.24, 2.45) is 16.8 Å². The highest BCUT2D eigenvalue weighted by molar-refractivity contribution is 7.17. The maximum atomic E-state index is 6.09. The van der Waals surface area contributed by atoms with Crippen molar-refractivity contribution in [3.8, 4) is 11.3 Å². The molecule has 1 aliphatic carbocycles. The van der Waals surface area contributed by atoms with Crippen molar-refractivity contribution >= 4 is 50.0 Å². The van der Waals surface area contributed by atoms with Gasteiger partial charge in [0.2, 0.25) is 0 Å². The molecule has 0 bridgehead atoms. The molecule has 0 saturated heterocycles. The molecule has 0 spiro atoms. The molecular formula is C28H34N4OS. The zero-order valence-electron chi connectivity index (χ0n) is 20.5. The molecule has 1 atom stereocenters. The molecule has 178 valence electrons. The molecule has 1 fully saturated rings. The van der Waals surface area contributed by atoms with E-state index in [-0.39, 0.29) is 0 Å². The van der Waals surface area contributed by atoms with Crippen molar-refractivity contribution < 1.29 is 4.42 Å². The van der Waals surface area contributed by atoms with Crippen LogP contribution in [0.3, 0.4) is 0 Å². The van der Waals surface area contributed by atoms with E-state index in [0.29, 0.717) is 11.4 Å². The van der Waals surface area contributed by atoms with Crippen LogP contribution in [0, 0.1) is 11.8 Å². The number of rotatable bonds is 5. The van der Waals surface area contributed by atoms with Crippen molar-refractivity contribution in [2.45, 2.75) is 52.9 Å². The zero-order chi connectivity index (χ0) is 24.1. The topological polar surface area (TPSA) is 77.3 Å². The Morgan fingerprint density at radius 1 is 1.29 bits per heavy atom. The lowest BCUT2D eigenvalue weighted by Gasteiger charge is -2.15. The highest BCUT2D eigenvalue weighted by Gasteiger charge is 2.19. The highest BCUT2D eigenvalue weighted by atomic mass is 32.1. The molecule has 6 heteroatoms. The summed E-state index contributed by atoms with van der Waals surface area (Å²) in [5.41, 5.74) is 9.62. The van der Waals surface area contributed by atoms with Gasteiger partial charge >= 0.3 is 0 Å². The van der Waals surface area contributed by atoms with Gasteiger partial charge in [0.15, 0.2) is 11.4 Å². The molecule has 5 rings (SSSR count). The molecule has 0 aliphatic heterocycles. The van der Waals surface area contributed by atoms with Crippen molar-refractivity contribution in [2.75, 3.05) is 12.8 Å². The molecule has 4 heterocycles. The lowest BCUT2D eigenvalue weighted by Crippen LogP contribution is -2.05. The van der Waals surface area contributed by atoms with Gasteiger partial charge in [-0.15, -0.1) is 11.3 Å². The van der Waals surface area contributed by atoms with Gasteiger partial charge in [-0.05, 0) is 36.5 Å². The van der Waals surface area contributed by atoms with Gasteiger partial charge in [0, 0.05) is 59.1 Å². The number of furan rings is 1. The summed E-state index contributed by atoms with van der Waals surface area (Å²) in [6.45, 7) is 6.68. The smallest absolute Gasteiger partial charge is 0.177 e. The first-order valence-electron chi connectivity index (χ1n) is 12.2. The average molecular weight is 475 g/mol. The van der Waals surface area contributed by atoms with Crippen LogP contribution in [-0.2, 0) is 0 Å². The molecular weight excluding hydrogens is 440 g/mol. The van der Waals surface area contributed by atoms with E-state index < -0.39 is 0 Å². The van der Waals surface area contributed by atoms with Gasteiger partial charge in [-0.1, -0.05) is 52.0 Å². The van der Waals surface area contributed by atoms with Gasteiger partial charge < -0.3 is 10.2 Å². The first-order chi connectivity index (χ1) is 16.6. The quantitative estimate of drug-likeness (QED) is 0.297. The van der Waals surface area contributed by atoms with E-state index in [4.69, 9.17) is 10.2 Å². The molecule has 4 aromatic heterocycles. The Morgan fingerprint density at radius 3 is 2.79 bits per heavy atom. The number of aromatic nitrogens is 2. The minimum absolute atomic E-state index is 0.384. The Kier molecular flexibility index (Phi) is 7.78. The van der Waals surface area contributed by atoms with Crippen molar-refractivity contribution in [3.05, 3.63) is 47.7 Å². The summed E-state index contributed by atoms with van der Waals surface area (Å²) in [6, 6.07) is 4.02. The van der Waals surface area contributed by atoms with Gasteiger partial charge in [-0.2, -0.15) is 0 Å². The summed E-state index contributed by atoms with van der Waals surface area (Å²) in [5, 5.41) is 4.13. The second-order valence-corrected chi connectivity index (χ2v) is 9.90. The van der Waals surface area contributed by atoms with Crippen molar-refractivity contribution in [1.82, 2.24) is 9.97 Å². The molecule has 34 heavy (non-hydrogen) atoms. The third kappa shape index (κ3) is 4.92. The van der Waals surface area contributed by atoms with E-state index >= 15 is 0 Å². The van der Waals surface area contributed by atoms with Crippen LogP contribution in [-0.4, -0.2) is 23.2 Å². The number of anilines is 1. The van der Waals surface area contributed by atoms with Crippen LogP contribution in [0.15, 0.2) is 51.6 Å². The molecule has 5 nitrogen and oxygen atoms in total. The Morgan fingerprint density at radius 2 is 2.09 bits per heavy atom. The van der Waals surface area contributed by atoms with E-state index in [1.165, 1.54) is 32.1 Å². The van der Waals surface area contributed by atoms with Gasteiger partial charge in [-0.3, -0.25) is 9.98 Å². The summed E-state index contributed by atoms with van der Waals surface area (Å²) < 4.78 is 7.21. The van der Waals surface area contributed by atoms with Crippen LogP contribution in [0.4, 0.5) is 5.82 Å². The fourth-order valence-corrected chi connectivity index (χ4v) is 5.69. The Hall–Kier alpha value is -2.99. The second kappa shape index (κ2) is 11.0. The van der Waals surface area contributed by atoms with E-state index in [1.807, 2.05) is 37.5 Å². The molecule has 0 radical (unpaired) electrons. The lowest BCUT2D eigenvalue weighted by molar-refractivity contribution is 0.357. The molecule has 2 N–H and O–H groups in total. The maximum Gasteiger partial charge on any atom is 0.177 e. The van der Waals surface area contributed by atoms with E-state index in [2.05, 4.69) is 34.2 Å². The number of hydrogen-bond acceptors (Lipinski definition) is 6. The van der Waals surface area contributed by atoms with Crippen LogP contribution in [0.5, 0.6) is 0 Å². The SMILES string of the molecule is C/C=C(\C=NC)c1cnc(N)c2oc(-c3csc4cnccc34)cc12.CCC(C)C1CCCC1. The average Bonchev–Trinajstić information content (AvgIpc) is 3.62. The fourth-order valence-electron chi connectivity index (χ4n) is 4.78. The summed E-state index contributed by atoms with van der Waals surface area (Å²) >= 11 is 1.64. The summed E-state index contributed by atoms with van der Waals surface area (Å²) in [7, 11) is 1.75. The molecule has 0 amide bonds. The van der Waals surface area contributed by atoms with E-state index in [9.17, 15) is 0 Å².